The lowest BCUT2D eigenvalue weighted by atomic mass is 9.96. The van der Waals surface area contributed by atoms with Crippen molar-refractivity contribution in [3.05, 3.63) is 35.4 Å². The molecule has 0 bridgehead atoms. The second kappa shape index (κ2) is 7.55. The van der Waals surface area contributed by atoms with Crippen molar-refractivity contribution in [1.82, 2.24) is 5.32 Å². The molecule has 0 heterocycles. The predicted octanol–water partition coefficient (Wildman–Crippen LogP) is 3.57. The molecule has 1 N–H and O–H groups in total. The van der Waals surface area contributed by atoms with Crippen LogP contribution >= 0.6 is 0 Å². The van der Waals surface area contributed by atoms with E-state index < -0.39 is 0 Å². The van der Waals surface area contributed by atoms with Crippen LogP contribution in [0.1, 0.15) is 44.9 Å². The van der Waals surface area contributed by atoms with Gasteiger partial charge in [-0.1, -0.05) is 38.1 Å². The zero-order valence-electron chi connectivity index (χ0n) is 12.4. The molecule has 0 amide bonds. The summed E-state index contributed by atoms with van der Waals surface area (Å²) in [7, 11) is 2.00. The van der Waals surface area contributed by atoms with Crippen molar-refractivity contribution >= 4 is 0 Å². The molecule has 2 unspecified atom stereocenters. The minimum Gasteiger partial charge on any atom is -0.377 e. The molecule has 18 heavy (non-hydrogen) atoms. The maximum atomic E-state index is 5.71. The van der Waals surface area contributed by atoms with E-state index in [-0.39, 0.29) is 12.1 Å². The summed E-state index contributed by atoms with van der Waals surface area (Å²) in [5, 5.41) is 3.36. The molecule has 0 saturated heterocycles. The van der Waals surface area contributed by atoms with Gasteiger partial charge in [0.15, 0.2) is 0 Å². The van der Waals surface area contributed by atoms with E-state index in [1.54, 1.807) is 0 Å². The molecule has 0 aliphatic heterocycles. The van der Waals surface area contributed by atoms with Crippen LogP contribution in [-0.4, -0.2) is 19.8 Å². The van der Waals surface area contributed by atoms with Crippen molar-refractivity contribution in [3.8, 4) is 0 Å². The van der Waals surface area contributed by atoms with Crippen LogP contribution < -0.4 is 5.32 Å². The minimum atomic E-state index is 0.189. The zero-order chi connectivity index (χ0) is 13.5. The lowest BCUT2D eigenvalue weighted by Gasteiger charge is -2.24. The highest BCUT2D eigenvalue weighted by Gasteiger charge is 2.17. The van der Waals surface area contributed by atoms with Gasteiger partial charge < -0.3 is 10.1 Å². The molecule has 0 aliphatic rings. The topological polar surface area (TPSA) is 21.3 Å². The largest absolute Gasteiger partial charge is 0.377 e. The second-order valence-electron chi connectivity index (χ2n) is 5.27. The Hall–Kier alpha value is -0.860. The van der Waals surface area contributed by atoms with E-state index in [0.717, 1.165) is 13.0 Å². The molecule has 1 rings (SSSR count). The van der Waals surface area contributed by atoms with E-state index in [2.05, 4.69) is 50.4 Å². The highest BCUT2D eigenvalue weighted by Crippen LogP contribution is 2.21. The van der Waals surface area contributed by atoms with Gasteiger partial charge in [-0.15, -0.1) is 0 Å². The van der Waals surface area contributed by atoms with Crippen molar-refractivity contribution in [1.29, 1.82) is 0 Å². The summed E-state index contributed by atoms with van der Waals surface area (Å²) in [4.78, 5) is 0. The smallest absolute Gasteiger partial charge is 0.0741 e. The summed E-state index contributed by atoms with van der Waals surface area (Å²) < 4.78 is 5.71. The van der Waals surface area contributed by atoms with Crippen LogP contribution in [0.15, 0.2) is 24.3 Å². The van der Waals surface area contributed by atoms with Crippen molar-refractivity contribution in [3.63, 3.8) is 0 Å². The van der Waals surface area contributed by atoms with Crippen molar-refractivity contribution < 1.29 is 4.74 Å². The van der Waals surface area contributed by atoms with Crippen LogP contribution in [0.2, 0.25) is 0 Å². The molecular weight excluding hydrogens is 222 g/mol. The van der Waals surface area contributed by atoms with E-state index in [1.807, 2.05) is 14.0 Å². The van der Waals surface area contributed by atoms with E-state index in [9.17, 15) is 0 Å². The maximum absolute atomic E-state index is 5.71. The molecule has 102 valence electrons. The first-order chi connectivity index (χ1) is 8.58. The Morgan fingerprint density at radius 3 is 2.50 bits per heavy atom. The van der Waals surface area contributed by atoms with Gasteiger partial charge in [0.1, 0.15) is 0 Å². The predicted molar refractivity (Wildman–Crippen MR) is 77.9 cm³/mol. The summed E-state index contributed by atoms with van der Waals surface area (Å²) >= 11 is 0. The quantitative estimate of drug-likeness (QED) is 0.797. The van der Waals surface area contributed by atoms with E-state index in [0.29, 0.717) is 5.92 Å². The van der Waals surface area contributed by atoms with Crippen molar-refractivity contribution in [2.75, 3.05) is 13.7 Å². The van der Waals surface area contributed by atoms with Crippen LogP contribution in [-0.2, 0) is 11.2 Å². The van der Waals surface area contributed by atoms with Gasteiger partial charge in [0.2, 0.25) is 0 Å². The molecule has 1 aromatic carbocycles. The number of nitrogens with one attached hydrogen (secondary N) is 1. The molecule has 0 aliphatic carbocycles. The molecular formula is C16H27NO. The Bertz CT molecular complexity index is 349. The zero-order valence-corrected chi connectivity index (χ0v) is 12.4. The molecule has 2 heteroatoms. The Balaban J connectivity index is 2.85. The first-order valence-corrected chi connectivity index (χ1v) is 6.96. The minimum absolute atomic E-state index is 0.189. The van der Waals surface area contributed by atoms with E-state index >= 15 is 0 Å². The third kappa shape index (κ3) is 4.43. The normalized spacial score (nSPS) is 14.8. The van der Waals surface area contributed by atoms with Crippen LogP contribution in [0.25, 0.3) is 0 Å². The van der Waals surface area contributed by atoms with E-state index in [4.69, 9.17) is 4.74 Å². The number of ether oxygens (including phenoxy) is 1. The highest BCUT2D eigenvalue weighted by molar-refractivity contribution is 5.27. The average molecular weight is 249 g/mol. The number of likely N-dealkylation sites (N-methyl/N-ethyl adjacent to an activating group) is 1. The molecule has 0 saturated carbocycles. The van der Waals surface area contributed by atoms with Crippen molar-refractivity contribution in [2.24, 2.45) is 5.92 Å². The van der Waals surface area contributed by atoms with Crippen LogP contribution in [0.3, 0.4) is 0 Å². The third-order valence-electron chi connectivity index (χ3n) is 3.16. The van der Waals surface area contributed by atoms with Gasteiger partial charge in [-0.05, 0) is 44.4 Å². The standard InChI is InChI=1S/C16H27NO/c1-6-18-13(4)16(17-5)15-9-7-8-14(11-15)10-12(2)3/h7-9,11-13,16-17H,6,10H2,1-5H3. The summed E-state index contributed by atoms with van der Waals surface area (Å²) in [5.74, 6) is 0.692. The summed E-state index contributed by atoms with van der Waals surface area (Å²) in [6, 6.07) is 9.10. The fourth-order valence-electron chi connectivity index (χ4n) is 2.42. The Morgan fingerprint density at radius 2 is 1.94 bits per heavy atom. The van der Waals surface area contributed by atoms with Gasteiger partial charge >= 0.3 is 0 Å². The highest BCUT2D eigenvalue weighted by atomic mass is 16.5. The lowest BCUT2D eigenvalue weighted by molar-refractivity contribution is 0.0493. The lowest BCUT2D eigenvalue weighted by Crippen LogP contribution is -2.29. The summed E-state index contributed by atoms with van der Waals surface area (Å²) in [6.45, 7) is 9.43. The van der Waals surface area contributed by atoms with E-state index in [1.165, 1.54) is 11.1 Å². The van der Waals surface area contributed by atoms with Gasteiger partial charge in [-0.25, -0.2) is 0 Å². The first-order valence-electron chi connectivity index (χ1n) is 6.96. The van der Waals surface area contributed by atoms with Gasteiger partial charge in [-0.2, -0.15) is 0 Å². The molecule has 2 nitrogen and oxygen atoms in total. The third-order valence-corrected chi connectivity index (χ3v) is 3.16. The summed E-state index contributed by atoms with van der Waals surface area (Å²) in [6.07, 6.45) is 1.32. The molecule has 0 aromatic heterocycles. The molecule has 0 radical (unpaired) electrons. The Labute approximate surface area is 112 Å². The first kappa shape index (κ1) is 15.2. The van der Waals surface area contributed by atoms with Gasteiger partial charge in [-0.3, -0.25) is 0 Å². The molecule has 2 atom stereocenters. The molecule has 0 spiro atoms. The number of benzene rings is 1. The second-order valence-corrected chi connectivity index (χ2v) is 5.27. The number of hydrogen-bond acceptors (Lipinski definition) is 2. The molecule has 0 fully saturated rings. The van der Waals surface area contributed by atoms with Gasteiger partial charge in [0.25, 0.3) is 0 Å². The fourth-order valence-corrected chi connectivity index (χ4v) is 2.42. The van der Waals surface area contributed by atoms with Gasteiger partial charge in [0, 0.05) is 6.61 Å². The van der Waals surface area contributed by atoms with Crippen LogP contribution in [0.4, 0.5) is 0 Å². The SMILES string of the molecule is CCOC(C)C(NC)c1cccc(CC(C)C)c1. The van der Waals surface area contributed by atoms with Crippen LogP contribution in [0.5, 0.6) is 0 Å². The fraction of sp³-hybridized carbons (Fsp3) is 0.625. The Morgan fingerprint density at radius 1 is 1.22 bits per heavy atom. The summed E-state index contributed by atoms with van der Waals surface area (Å²) in [5.41, 5.74) is 2.73. The number of rotatable bonds is 7. The number of hydrogen-bond donors (Lipinski definition) is 1. The Kier molecular flexibility index (Phi) is 6.37. The molecule has 1 aromatic rings. The maximum Gasteiger partial charge on any atom is 0.0741 e. The van der Waals surface area contributed by atoms with Crippen LogP contribution in [0, 0.1) is 5.92 Å². The monoisotopic (exact) mass is 249 g/mol. The van der Waals surface area contributed by atoms with Gasteiger partial charge in [0.05, 0.1) is 12.1 Å². The van der Waals surface area contributed by atoms with Crippen molar-refractivity contribution in [2.45, 2.75) is 46.3 Å². The average Bonchev–Trinajstić information content (AvgIpc) is 2.30.